The highest BCUT2D eigenvalue weighted by molar-refractivity contribution is 5.95. The molecule has 0 spiro atoms. The van der Waals surface area contributed by atoms with Crippen LogP contribution in [0.25, 0.3) is 11.1 Å². The summed E-state index contributed by atoms with van der Waals surface area (Å²) < 4.78 is 6.19. The first-order valence-corrected chi connectivity index (χ1v) is 14.9. The Morgan fingerprint density at radius 3 is 2.19 bits per heavy atom. The van der Waals surface area contributed by atoms with Crippen LogP contribution in [0.3, 0.4) is 0 Å². The number of rotatable bonds is 9. The third kappa shape index (κ3) is 7.19. The maximum absolute atomic E-state index is 12.9. The van der Waals surface area contributed by atoms with E-state index in [0.717, 1.165) is 60.4 Å². The highest BCUT2D eigenvalue weighted by atomic mass is 16.5. The average Bonchev–Trinajstić information content (AvgIpc) is 2.95. The molecule has 3 aromatic rings. The van der Waals surface area contributed by atoms with E-state index in [-0.39, 0.29) is 11.3 Å². The zero-order chi connectivity index (χ0) is 30.7. The summed E-state index contributed by atoms with van der Waals surface area (Å²) >= 11 is 0. The van der Waals surface area contributed by atoms with Crippen LogP contribution < -0.4 is 10.2 Å². The second-order valence-electron chi connectivity index (χ2n) is 12.8. The van der Waals surface area contributed by atoms with Gasteiger partial charge in [-0.25, -0.2) is 4.79 Å². The average molecular weight is 572 g/mol. The van der Waals surface area contributed by atoms with E-state index in [1.54, 1.807) is 0 Å². The molecule has 0 radical (unpaired) electrons. The molecule has 1 aromatic heterocycles. The molecule has 1 saturated heterocycles. The van der Waals surface area contributed by atoms with Gasteiger partial charge in [-0.2, -0.15) is 0 Å². The van der Waals surface area contributed by atoms with E-state index in [2.05, 4.69) is 24.1 Å². The van der Waals surface area contributed by atoms with Crippen LogP contribution in [-0.2, 0) is 16.1 Å². The number of ether oxygens (including phenoxy) is 1. The number of aliphatic carboxylic acids is 1. The standard InChI is InChI=1S/C35H45N3O4/c1-8-35(7)18-20-38(21-19-35)30-28(23(2)37-24(3)29(30)31(33(40)41)42-34(4,5)6)26-14-16-27(17-15-26)32(39)36-22-25-12-10-9-11-13-25/h9-17,31H,8,18-22H2,1-7H3,(H,36,39)(H,40,41)/t31-/m0/s1. The molecule has 0 aliphatic carbocycles. The van der Waals surface area contributed by atoms with Gasteiger partial charge in [0.2, 0.25) is 0 Å². The number of carbonyl (C=O) groups excluding carboxylic acids is 1. The molecular formula is C35H45N3O4. The van der Waals surface area contributed by atoms with Crippen LogP contribution in [0.2, 0.25) is 0 Å². The third-order valence-electron chi connectivity index (χ3n) is 8.41. The molecule has 1 aliphatic rings. The number of carboxylic acid groups (broad SMARTS) is 1. The molecule has 42 heavy (non-hydrogen) atoms. The van der Waals surface area contributed by atoms with Gasteiger partial charge in [-0.15, -0.1) is 0 Å². The lowest BCUT2D eigenvalue weighted by Crippen LogP contribution is -2.40. The minimum Gasteiger partial charge on any atom is -0.479 e. The Kier molecular flexibility index (Phi) is 9.41. The highest BCUT2D eigenvalue weighted by Gasteiger charge is 2.37. The molecule has 224 valence electrons. The van der Waals surface area contributed by atoms with E-state index in [9.17, 15) is 14.7 Å². The number of aryl methyl sites for hydroxylation is 2. The number of aromatic nitrogens is 1. The molecule has 0 unspecified atom stereocenters. The van der Waals surface area contributed by atoms with Gasteiger partial charge in [0, 0.05) is 47.7 Å². The largest absolute Gasteiger partial charge is 0.479 e. The number of hydrogen-bond acceptors (Lipinski definition) is 5. The number of nitrogens with one attached hydrogen (secondary N) is 1. The molecule has 2 N–H and O–H groups in total. The summed E-state index contributed by atoms with van der Waals surface area (Å²) in [5, 5.41) is 13.4. The lowest BCUT2D eigenvalue weighted by Gasteiger charge is -2.42. The Hall–Kier alpha value is -3.71. The van der Waals surface area contributed by atoms with Crippen molar-refractivity contribution < 1.29 is 19.4 Å². The number of pyridine rings is 1. The van der Waals surface area contributed by atoms with Gasteiger partial charge in [0.1, 0.15) is 0 Å². The fourth-order valence-electron chi connectivity index (χ4n) is 5.71. The Morgan fingerprint density at radius 1 is 1.02 bits per heavy atom. The summed E-state index contributed by atoms with van der Waals surface area (Å²) in [5.74, 6) is -1.18. The number of nitrogens with zero attached hydrogens (tertiary/aromatic N) is 2. The molecule has 2 heterocycles. The lowest BCUT2D eigenvalue weighted by molar-refractivity contribution is -0.160. The van der Waals surface area contributed by atoms with Gasteiger partial charge in [-0.1, -0.05) is 62.7 Å². The Bertz CT molecular complexity index is 1400. The third-order valence-corrected chi connectivity index (χ3v) is 8.41. The number of hydrogen-bond donors (Lipinski definition) is 2. The normalized spacial score (nSPS) is 15.7. The van der Waals surface area contributed by atoms with Gasteiger partial charge in [-0.3, -0.25) is 9.78 Å². The number of benzene rings is 2. The Morgan fingerprint density at radius 2 is 1.64 bits per heavy atom. The molecule has 1 fully saturated rings. The lowest BCUT2D eigenvalue weighted by atomic mass is 9.77. The summed E-state index contributed by atoms with van der Waals surface area (Å²) in [6.07, 6.45) is 1.96. The van der Waals surface area contributed by atoms with Gasteiger partial charge in [0.05, 0.1) is 11.3 Å². The smallest absolute Gasteiger partial charge is 0.337 e. The predicted octanol–water partition coefficient (Wildman–Crippen LogP) is 7.25. The van der Waals surface area contributed by atoms with Crippen LogP contribution in [0.1, 0.15) is 92.9 Å². The van der Waals surface area contributed by atoms with E-state index in [4.69, 9.17) is 9.72 Å². The molecule has 4 rings (SSSR count). The van der Waals surface area contributed by atoms with Crippen molar-refractivity contribution in [1.82, 2.24) is 10.3 Å². The van der Waals surface area contributed by atoms with Crippen molar-refractivity contribution in [3.8, 4) is 11.1 Å². The summed E-state index contributed by atoms with van der Waals surface area (Å²) in [4.78, 5) is 32.8. The number of carboxylic acids is 1. The molecule has 1 aliphatic heterocycles. The molecule has 1 amide bonds. The van der Waals surface area contributed by atoms with E-state index < -0.39 is 17.7 Å². The first kappa shape index (κ1) is 31.2. The van der Waals surface area contributed by atoms with Gasteiger partial charge in [0.15, 0.2) is 6.10 Å². The predicted molar refractivity (Wildman–Crippen MR) is 168 cm³/mol. The van der Waals surface area contributed by atoms with Crippen molar-refractivity contribution >= 4 is 17.6 Å². The van der Waals surface area contributed by atoms with Crippen LogP contribution in [-0.4, -0.2) is 40.7 Å². The topological polar surface area (TPSA) is 91.8 Å². The monoisotopic (exact) mass is 571 g/mol. The Balaban J connectivity index is 1.77. The molecule has 1 atom stereocenters. The first-order chi connectivity index (χ1) is 19.8. The fourth-order valence-corrected chi connectivity index (χ4v) is 5.71. The van der Waals surface area contributed by atoms with Crippen molar-refractivity contribution in [3.05, 3.63) is 82.7 Å². The van der Waals surface area contributed by atoms with Gasteiger partial charge < -0.3 is 20.1 Å². The molecule has 2 aromatic carbocycles. The first-order valence-electron chi connectivity index (χ1n) is 14.9. The second-order valence-corrected chi connectivity index (χ2v) is 12.8. The SMILES string of the molecule is CCC1(C)CCN(c2c(-c3ccc(C(=O)NCc4ccccc4)cc3)c(C)nc(C)c2[C@H](OC(C)(C)C)C(=O)O)CC1. The summed E-state index contributed by atoms with van der Waals surface area (Å²) in [7, 11) is 0. The van der Waals surface area contributed by atoms with Crippen molar-refractivity contribution in [1.29, 1.82) is 0 Å². The summed E-state index contributed by atoms with van der Waals surface area (Å²) in [5.41, 5.74) is 5.90. The van der Waals surface area contributed by atoms with Crippen molar-refractivity contribution in [3.63, 3.8) is 0 Å². The maximum Gasteiger partial charge on any atom is 0.337 e. The summed E-state index contributed by atoms with van der Waals surface area (Å²) in [6, 6.07) is 17.3. The maximum atomic E-state index is 12.9. The van der Waals surface area contributed by atoms with Crippen molar-refractivity contribution in [2.45, 2.75) is 86.0 Å². The van der Waals surface area contributed by atoms with Crippen LogP contribution in [0.5, 0.6) is 0 Å². The van der Waals surface area contributed by atoms with Gasteiger partial charge >= 0.3 is 5.97 Å². The van der Waals surface area contributed by atoms with Crippen LogP contribution in [0, 0.1) is 19.3 Å². The highest BCUT2D eigenvalue weighted by Crippen LogP contribution is 2.45. The minimum atomic E-state index is -1.17. The van der Waals surface area contributed by atoms with E-state index in [0.29, 0.717) is 23.4 Å². The van der Waals surface area contributed by atoms with E-state index in [1.165, 1.54) is 0 Å². The molecule has 7 nitrogen and oxygen atoms in total. The summed E-state index contributed by atoms with van der Waals surface area (Å²) in [6.45, 7) is 16.1. The van der Waals surface area contributed by atoms with E-state index >= 15 is 0 Å². The number of carbonyl (C=O) groups is 2. The molecule has 7 heteroatoms. The van der Waals surface area contributed by atoms with Crippen LogP contribution in [0.15, 0.2) is 54.6 Å². The number of amides is 1. The molecular weight excluding hydrogens is 526 g/mol. The minimum absolute atomic E-state index is 0.149. The molecule has 0 bridgehead atoms. The zero-order valence-corrected chi connectivity index (χ0v) is 26.1. The zero-order valence-electron chi connectivity index (χ0n) is 26.1. The Labute approximate surface area is 250 Å². The molecule has 0 saturated carbocycles. The van der Waals surface area contributed by atoms with Crippen LogP contribution >= 0.6 is 0 Å². The number of anilines is 1. The number of piperidine rings is 1. The quantitative estimate of drug-likeness (QED) is 0.281. The van der Waals surface area contributed by atoms with Crippen molar-refractivity contribution in [2.24, 2.45) is 5.41 Å². The van der Waals surface area contributed by atoms with Crippen LogP contribution in [0.4, 0.5) is 5.69 Å². The van der Waals surface area contributed by atoms with Crippen molar-refractivity contribution in [2.75, 3.05) is 18.0 Å². The fraction of sp³-hybridized carbons (Fsp3) is 0.457. The second kappa shape index (κ2) is 12.7. The van der Waals surface area contributed by atoms with Gasteiger partial charge in [0.25, 0.3) is 5.91 Å². The van der Waals surface area contributed by atoms with Gasteiger partial charge in [-0.05, 0) is 76.1 Å². The van der Waals surface area contributed by atoms with E-state index in [1.807, 2.05) is 89.2 Å².